The quantitative estimate of drug-likeness (QED) is 0.195. The molecular weight excluding hydrogens is 478 g/mol. The van der Waals surface area contributed by atoms with E-state index in [1.165, 1.54) is 13.0 Å². The molecule has 1 amide bonds. The van der Waals surface area contributed by atoms with Gasteiger partial charge in [-0.25, -0.2) is 0 Å². The number of rotatable bonds is 10. The summed E-state index contributed by atoms with van der Waals surface area (Å²) in [5, 5.41) is 12.1. The number of esters is 1. The molecular formula is C28H41NO8. The van der Waals surface area contributed by atoms with Crippen molar-refractivity contribution in [1.82, 2.24) is 5.32 Å². The Morgan fingerprint density at radius 3 is 2.54 bits per heavy atom. The van der Waals surface area contributed by atoms with Gasteiger partial charge in [0.15, 0.2) is 0 Å². The van der Waals surface area contributed by atoms with E-state index in [1.54, 1.807) is 13.0 Å². The van der Waals surface area contributed by atoms with Crippen molar-refractivity contribution in [3.05, 3.63) is 36.0 Å². The monoisotopic (exact) mass is 519 g/mol. The van der Waals surface area contributed by atoms with Gasteiger partial charge in [0.1, 0.15) is 6.10 Å². The van der Waals surface area contributed by atoms with Crippen LogP contribution in [0.3, 0.4) is 0 Å². The lowest BCUT2D eigenvalue weighted by atomic mass is 9.88. The Morgan fingerprint density at radius 1 is 1.16 bits per heavy atom. The topological polar surface area (TPSA) is 124 Å². The number of carboxylic acids is 1. The molecule has 0 aromatic carbocycles. The van der Waals surface area contributed by atoms with Crippen molar-refractivity contribution in [2.45, 2.75) is 109 Å². The first-order chi connectivity index (χ1) is 17.4. The highest BCUT2D eigenvalue weighted by atomic mass is 16.6. The molecule has 0 aliphatic carbocycles. The predicted molar refractivity (Wildman–Crippen MR) is 137 cm³/mol. The highest BCUT2D eigenvalue weighted by molar-refractivity contribution is 5.87. The second-order valence-electron chi connectivity index (χ2n) is 10.7. The summed E-state index contributed by atoms with van der Waals surface area (Å²) in [7, 11) is 0. The first-order valence-corrected chi connectivity index (χ1v) is 13.1. The van der Waals surface area contributed by atoms with Crippen molar-refractivity contribution in [3.63, 3.8) is 0 Å². The minimum atomic E-state index is -0.857. The molecule has 9 nitrogen and oxygen atoms in total. The van der Waals surface area contributed by atoms with Crippen molar-refractivity contribution in [1.29, 1.82) is 0 Å². The van der Waals surface area contributed by atoms with Gasteiger partial charge in [-0.05, 0) is 45.6 Å². The summed E-state index contributed by atoms with van der Waals surface area (Å²) in [5.74, 6) is -1.23. The summed E-state index contributed by atoms with van der Waals surface area (Å²) in [5.41, 5.74) is 0.870. The summed E-state index contributed by atoms with van der Waals surface area (Å²) in [6.45, 7) is 9.83. The number of hydrogen-bond donors (Lipinski definition) is 2. The highest BCUT2D eigenvalue weighted by Gasteiger charge is 2.51. The zero-order chi connectivity index (χ0) is 27.2. The molecule has 3 aliphatic heterocycles. The van der Waals surface area contributed by atoms with Gasteiger partial charge in [0.25, 0.3) is 0 Å². The first-order valence-electron chi connectivity index (χ1n) is 13.1. The number of allylic oxidation sites excluding steroid dienone is 2. The minimum Gasteiger partial charge on any atom is -0.481 e. The van der Waals surface area contributed by atoms with Gasteiger partial charge in [0.2, 0.25) is 5.91 Å². The zero-order valence-corrected chi connectivity index (χ0v) is 22.5. The molecule has 1 spiro atoms. The van der Waals surface area contributed by atoms with Crippen LogP contribution in [0.5, 0.6) is 0 Å². The summed E-state index contributed by atoms with van der Waals surface area (Å²) in [4.78, 5) is 34.4. The summed E-state index contributed by atoms with van der Waals surface area (Å²) in [6, 6.07) is -0.100. The molecule has 8 atom stereocenters. The van der Waals surface area contributed by atoms with E-state index >= 15 is 0 Å². The molecule has 9 heteroatoms. The second kappa shape index (κ2) is 12.8. The van der Waals surface area contributed by atoms with Crippen LogP contribution in [0, 0.1) is 5.92 Å². The number of carbonyl (C=O) groups is 3. The largest absolute Gasteiger partial charge is 0.481 e. The van der Waals surface area contributed by atoms with Gasteiger partial charge in [-0.15, -0.1) is 0 Å². The maximum Gasteiger partial charge on any atom is 0.305 e. The van der Waals surface area contributed by atoms with Gasteiger partial charge >= 0.3 is 11.9 Å². The number of nitrogens with one attached hydrogen (secondary N) is 1. The number of amides is 1. The molecule has 0 radical (unpaired) electrons. The Bertz CT molecular complexity index is 921. The number of epoxide rings is 1. The van der Waals surface area contributed by atoms with Crippen molar-refractivity contribution >= 4 is 17.8 Å². The Morgan fingerprint density at radius 2 is 1.89 bits per heavy atom. The second-order valence-corrected chi connectivity index (χ2v) is 10.7. The van der Waals surface area contributed by atoms with E-state index in [-0.39, 0.29) is 60.3 Å². The van der Waals surface area contributed by atoms with Crippen LogP contribution in [0.15, 0.2) is 36.0 Å². The lowest BCUT2D eigenvalue weighted by Crippen LogP contribution is -2.50. The summed E-state index contributed by atoms with van der Waals surface area (Å²) in [6.07, 6.45) is 11.0. The predicted octanol–water partition coefficient (Wildman–Crippen LogP) is 3.48. The maximum absolute atomic E-state index is 12.3. The normalized spacial score (nSPS) is 35.0. The van der Waals surface area contributed by atoms with Gasteiger partial charge in [0, 0.05) is 25.8 Å². The van der Waals surface area contributed by atoms with E-state index in [1.807, 2.05) is 26.0 Å². The summed E-state index contributed by atoms with van der Waals surface area (Å²) < 4.78 is 22.8. The fraction of sp³-hybridized carbons (Fsp3) is 0.679. The van der Waals surface area contributed by atoms with E-state index in [0.717, 1.165) is 24.8 Å². The first kappa shape index (κ1) is 29.1. The van der Waals surface area contributed by atoms with Gasteiger partial charge in [0.05, 0.1) is 49.1 Å². The number of carbonyl (C=O) groups excluding carboxylic acids is 2. The molecule has 0 aromatic rings. The van der Waals surface area contributed by atoms with Crippen LogP contribution in [0.1, 0.15) is 66.7 Å². The molecule has 0 saturated carbocycles. The van der Waals surface area contributed by atoms with E-state index in [0.29, 0.717) is 13.0 Å². The van der Waals surface area contributed by atoms with E-state index in [4.69, 9.17) is 24.1 Å². The standard InChI is InChI=1S/C28H41NO8/c1-17(6-9-22-14-28(16-34-28)15-23(37-22)13-27(32)33)7-10-25-18(2)12-24(20(4)36-25)29-26(31)11-8-19(3)35-21(5)30/h6-9,11,18-20,22-25H,10,12-16H2,1-5H3,(H,29,31)(H,32,33). The third-order valence-corrected chi connectivity index (χ3v) is 7.16. The highest BCUT2D eigenvalue weighted by Crippen LogP contribution is 2.43. The number of aliphatic carboxylic acids is 1. The molecule has 3 heterocycles. The third kappa shape index (κ3) is 9.39. The molecule has 8 unspecified atom stereocenters. The minimum absolute atomic E-state index is 0.00942. The number of carboxylic acid groups (broad SMARTS) is 1. The van der Waals surface area contributed by atoms with Gasteiger partial charge in [-0.3, -0.25) is 14.4 Å². The van der Waals surface area contributed by atoms with Crippen LogP contribution in [0.2, 0.25) is 0 Å². The van der Waals surface area contributed by atoms with Crippen LogP contribution in [-0.2, 0) is 33.3 Å². The lowest BCUT2D eigenvalue weighted by molar-refractivity contribution is -0.144. The summed E-state index contributed by atoms with van der Waals surface area (Å²) >= 11 is 0. The van der Waals surface area contributed by atoms with E-state index in [2.05, 4.69) is 18.3 Å². The van der Waals surface area contributed by atoms with Crippen LogP contribution < -0.4 is 5.32 Å². The maximum atomic E-state index is 12.3. The Labute approximate surface area is 219 Å². The molecule has 2 N–H and O–H groups in total. The lowest BCUT2D eigenvalue weighted by Gasteiger charge is -2.39. The number of hydrogen-bond acceptors (Lipinski definition) is 7. The van der Waals surface area contributed by atoms with Crippen molar-refractivity contribution in [3.8, 4) is 0 Å². The molecule has 3 rings (SSSR count). The number of ether oxygens (including phenoxy) is 4. The van der Waals surface area contributed by atoms with Crippen molar-refractivity contribution in [2.24, 2.45) is 5.92 Å². The Hall–Kier alpha value is -2.49. The van der Waals surface area contributed by atoms with Crippen LogP contribution >= 0.6 is 0 Å². The fourth-order valence-electron chi connectivity index (χ4n) is 5.07. The van der Waals surface area contributed by atoms with Gasteiger partial charge < -0.3 is 29.4 Å². The van der Waals surface area contributed by atoms with Crippen LogP contribution in [-0.4, -0.2) is 71.7 Å². The van der Waals surface area contributed by atoms with Gasteiger partial charge in [-0.1, -0.05) is 30.7 Å². The van der Waals surface area contributed by atoms with Crippen LogP contribution in [0.25, 0.3) is 0 Å². The van der Waals surface area contributed by atoms with E-state index < -0.39 is 12.1 Å². The van der Waals surface area contributed by atoms with Crippen LogP contribution in [0.4, 0.5) is 0 Å². The average molecular weight is 520 g/mol. The van der Waals surface area contributed by atoms with Crippen molar-refractivity contribution < 1.29 is 38.4 Å². The van der Waals surface area contributed by atoms with Gasteiger partial charge in [-0.2, -0.15) is 0 Å². The van der Waals surface area contributed by atoms with Crippen molar-refractivity contribution in [2.75, 3.05) is 6.61 Å². The third-order valence-electron chi connectivity index (χ3n) is 7.16. The molecule has 3 aliphatic rings. The zero-order valence-electron chi connectivity index (χ0n) is 22.5. The molecule has 0 aromatic heterocycles. The average Bonchev–Trinajstić information content (AvgIpc) is 3.54. The fourth-order valence-corrected chi connectivity index (χ4v) is 5.07. The smallest absolute Gasteiger partial charge is 0.305 e. The molecule has 206 valence electrons. The van der Waals surface area contributed by atoms with E-state index in [9.17, 15) is 14.4 Å². The molecule has 3 fully saturated rings. The molecule has 0 bridgehead atoms. The Balaban J connectivity index is 1.46. The SMILES string of the molecule is CC(=O)OC(C)C=CC(=O)NC1CC(C)C(CC=C(C)C=CC2CC3(CO3)CC(CC(=O)O)O2)OC1C. The molecule has 3 saturated heterocycles. The molecule has 37 heavy (non-hydrogen) atoms. The Kier molecular flexibility index (Phi) is 10.1.